The average Bonchev–Trinajstić information content (AvgIpc) is 2.44. The first-order valence-corrected chi connectivity index (χ1v) is 7.53. The van der Waals surface area contributed by atoms with Crippen molar-refractivity contribution in [3.05, 3.63) is 29.6 Å². The van der Waals surface area contributed by atoms with Crippen LogP contribution in [0, 0.1) is 17.7 Å². The van der Waals surface area contributed by atoms with Crippen molar-refractivity contribution >= 4 is 5.78 Å². The summed E-state index contributed by atoms with van der Waals surface area (Å²) in [5, 5.41) is 0. The number of carbonyl (C=O) groups is 1. The molecule has 0 aromatic heterocycles. The Hall–Kier alpha value is -1.42. The summed E-state index contributed by atoms with van der Waals surface area (Å²) in [5.74, 6) is 0.812. The summed E-state index contributed by atoms with van der Waals surface area (Å²) in [6.45, 7) is 7.88. The van der Waals surface area contributed by atoms with Crippen LogP contribution < -0.4 is 4.74 Å². The Bertz CT molecular complexity index is 518. The van der Waals surface area contributed by atoms with Crippen LogP contribution in [0.4, 0.5) is 4.39 Å². The van der Waals surface area contributed by atoms with E-state index in [0.29, 0.717) is 30.0 Å². The molecule has 116 valence electrons. The van der Waals surface area contributed by atoms with Crippen LogP contribution in [0.2, 0.25) is 0 Å². The quantitative estimate of drug-likeness (QED) is 0.797. The van der Waals surface area contributed by atoms with Crippen LogP contribution >= 0.6 is 0 Å². The normalized spacial score (nSPS) is 26.6. The van der Waals surface area contributed by atoms with E-state index in [-0.39, 0.29) is 11.5 Å². The number of nitrogens with zero attached hydrogens (tertiary/aromatic N) is 1. The van der Waals surface area contributed by atoms with Gasteiger partial charge in [0, 0.05) is 18.2 Å². The van der Waals surface area contributed by atoms with Gasteiger partial charge in [0.25, 0.3) is 0 Å². The van der Waals surface area contributed by atoms with E-state index in [1.165, 1.54) is 25.7 Å². The lowest BCUT2D eigenvalue weighted by Crippen LogP contribution is -2.47. The molecular weight excluding hydrogens is 269 g/mol. The first-order chi connectivity index (χ1) is 9.92. The van der Waals surface area contributed by atoms with Crippen molar-refractivity contribution in [2.24, 2.45) is 11.8 Å². The van der Waals surface area contributed by atoms with Crippen LogP contribution in [-0.2, 0) is 0 Å². The molecule has 0 spiro atoms. The molecule has 0 saturated carbocycles. The first kappa shape index (κ1) is 16.0. The maximum absolute atomic E-state index is 13.7. The van der Waals surface area contributed by atoms with Crippen molar-refractivity contribution in [2.75, 3.05) is 20.2 Å². The van der Waals surface area contributed by atoms with Crippen LogP contribution in [0.5, 0.6) is 5.75 Å². The highest BCUT2D eigenvalue weighted by atomic mass is 19.1. The summed E-state index contributed by atoms with van der Waals surface area (Å²) < 4.78 is 18.6. The van der Waals surface area contributed by atoms with Crippen LogP contribution in [0.15, 0.2) is 18.2 Å². The molecule has 1 aromatic rings. The SMILES string of the molecule is COc1ccc(C(=O)CN2CC(C)CC(C)C2C)cc1F. The topological polar surface area (TPSA) is 29.5 Å². The van der Waals surface area contributed by atoms with Gasteiger partial charge in [-0.05, 0) is 43.4 Å². The molecule has 1 aliphatic heterocycles. The lowest BCUT2D eigenvalue weighted by atomic mass is 9.86. The number of ether oxygens (including phenoxy) is 1. The number of benzene rings is 1. The monoisotopic (exact) mass is 293 g/mol. The van der Waals surface area contributed by atoms with Gasteiger partial charge in [-0.15, -0.1) is 0 Å². The van der Waals surface area contributed by atoms with Gasteiger partial charge in [0.05, 0.1) is 13.7 Å². The van der Waals surface area contributed by atoms with E-state index in [4.69, 9.17) is 4.74 Å². The van der Waals surface area contributed by atoms with Gasteiger partial charge in [-0.25, -0.2) is 4.39 Å². The van der Waals surface area contributed by atoms with E-state index >= 15 is 0 Å². The number of Topliss-reactive ketones (excluding diaryl/α,β-unsaturated/α-hetero) is 1. The van der Waals surface area contributed by atoms with Crippen molar-refractivity contribution < 1.29 is 13.9 Å². The minimum absolute atomic E-state index is 0.0373. The van der Waals surface area contributed by atoms with E-state index < -0.39 is 5.82 Å². The lowest BCUT2D eigenvalue weighted by Gasteiger charge is -2.40. The highest BCUT2D eigenvalue weighted by molar-refractivity contribution is 5.97. The minimum atomic E-state index is -0.489. The number of piperidine rings is 1. The van der Waals surface area contributed by atoms with Crippen LogP contribution in [0.3, 0.4) is 0 Å². The molecule has 1 heterocycles. The second kappa shape index (κ2) is 6.56. The van der Waals surface area contributed by atoms with Crippen LogP contribution in [0.1, 0.15) is 37.6 Å². The smallest absolute Gasteiger partial charge is 0.176 e. The fourth-order valence-electron chi connectivity index (χ4n) is 3.16. The van der Waals surface area contributed by atoms with E-state index in [2.05, 4.69) is 25.7 Å². The van der Waals surface area contributed by atoms with Gasteiger partial charge in [0.1, 0.15) is 0 Å². The molecule has 1 aliphatic rings. The second-order valence-corrected chi connectivity index (χ2v) is 6.26. The molecule has 0 amide bonds. The maximum Gasteiger partial charge on any atom is 0.176 e. The highest BCUT2D eigenvalue weighted by Gasteiger charge is 2.30. The summed E-state index contributed by atoms with van der Waals surface area (Å²) in [6.07, 6.45) is 1.20. The summed E-state index contributed by atoms with van der Waals surface area (Å²) >= 11 is 0. The maximum atomic E-state index is 13.7. The molecule has 3 atom stereocenters. The molecule has 0 aliphatic carbocycles. The molecule has 0 radical (unpaired) electrons. The lowest BCUT2D eigenvalue weighted by molar-refractivity contribution is 0.0649. The Morgan fingerprint density at radius 2 is 2.10 bits per heavy atom. The third-order valence-electron chi connectivity index (χ3n) is 4.54. The third-order valence-corrected chi connectivity index (χ3v) is 4.54. The Morgan fingerprint density at radius 1 is 1.38 bits per heavy atom. The fourth-order valence-corrected chi connectivity index (χ4v) is 3.16. The first-order valence-electron chi connectivity index (χ1n) is 7.53. The highest BCUT2D eigenvalue weighted by Crippen LogP contribution is 2.27. The zero-order valence-electron chi connectivity index (χ0n) is 13.2. The number of hydrogen-bond donors (Lipinski definition) is 0. The fraction of sp³-hybridized carbons (Fsp3) is 0.588. The second-order valence-electron chi connectivity index (χ2n) is 6.26. The molecule has 1 fully saturated rings. The molecule has 3 nitrogen and oxygen atoms in total. The Labute approximate surface area is 126 Å². The van der Waals surface area contributed by atoms with Gasteiger partial charge < -0.3 is 4.74 Å². The molecule has 0 bridgehead atoms. The van der Waals surface area contributed by atoms with Crippen LogP contribution in [0.25, 0.3) is 0 Å². The van der Waals surface area contributed by atoms with E-state index in [9.17, 15) is 9.18 Å². The Morgan fingerprint density at radius 3 is 2.71 bits per heavy atom. The number of ketones is 1. The van der Waals surface area contributed by atoms with Gasteiger partial charge in [-0.1, -0.05) is 13.8 Å². The summed E-state index contributed by atoms with van der Waals surface area (Å²) in [5.41, 5.74) is 0.409. The molecule has 3 unspecified atom stereocenters. The summed E-state index contributed by atoms with van der Waals surface area (Å²) in [7, 11) is 1.41. The van der Waals surface area contributed by atoms with Crippen LogP contribution in [-0.4, -0.2) is 36.9 Å². The van der Waals surface area contributed by atoms with Crippen molar-refractivity contribution in [3.63, 3.8) is 0 Å². The predicted octanol–water partition coefficient (Wildman–Crippen LogP) is 3.38. The van der Waals surface area contributed by atoms with Crippen molar-refractivity contribution in [1.82, 2.24) is 4.90 Å². The summed E-state index contributed by atoms with van der Waals surface area (Å²) in [4.78, 5) is 14.6. The van der Waals surface area contributed by atoms with E-state index in [0.717, 1.165) is 6.54 Å². The van der Waals surface area contributed by atoms with Gasteiger partial charge >= 0.3 is 0 Å². The van der Waals surface area contributed by atoms with Gasteiger partial charge in [0.15, 0.2) is 17.3 Å². The molecule has 1 saturated heterocycles. The zero-order valence-corrected chi connectivity index (χ0v) is 13.2. The van der Waals surface area contributed by atoms with Gasteiger partial charge in [-0.2, -0.15) is 0 Å². The van der Waals surface area contributed by atoms with Gasteiger partial charge in [0.2, 0.25) is 0 Å². The average molecular weight is 293 g/mol. The number of rotatable bonds is 4. The van der Waals surface area contributed by atoms with Gasteiger partial charge in [-0.3, -0.25) is 9.69 Å². The Balaban J connectivity index is 2.08. The molecule has 4 heteroatoms. The number of hydrogen-bond acceptors (Lipinski definition) is 3. The van der Waals surface area contributed by atoms with Crippen molar-refractivity contribution in [3.8, 4) is 5.75 Å². The van der Waals surface area contributed by atoms with Crippen molar-refractivity contribution in [1.29, 1.82) is 0 Å². The number of methoxy groups -OCH3 is 1. The van der Waals surface area contributed by atoms with E-state index in [1.807, 2.05) is 0 Å². The summed E-state index contributed by atoms with van der Waals surface area (Å²) in [6, 6.07) is 4.79. The van der Waals surface area contributed by atoms with Crippen molar-refractivity contribution in [2.45, 2.75) is 33.2 Å². The number of likely N-dealkylation sites (tertiary alicyclic amines) is 1. The largest absolute Gasteiger partial charge is 0.494 e. The molecule has 2 rings (SSSR count). The molecule has 21 heavy (non-hydrogen) atoms. The zero-order chi connectivity index (χ0) is 15.6. The minimum Gasteiger partial charge on any atom is -0.494 e. The predicted molar refractivity (Wildman–Crippen MR) is 81.3 cm³/mol. The standard InChI is InChI=1S/C17H24FNO2/c1-11-7-12(2)13(3)19(9-11)10-16(20)14-5-6-17(21-4)15(18)8-14/h5-6,8,11-13H,7,9-10H2,1-4H3. The number of carbonyl (C=O) groups excluding carboxylic acids is 1. The molecule has 0 N–H and O–H groups in total. The van der Waals surface area contributed by atoms with E-state index in [1.54, 1.807) is 6.07 Å². The Kier molecular flexibility index (Phi) is 4.99. The molecule has 1 aromatic carbocycles. The number of halogens is 1. The third kappa shape index (κ3) is 3.62. The molecular formula is C17H24FNO2.